The number of amidine groups is 1. The van der Waals surface area contributed by atoms with Crippen LogP contribution in [0.15, 0.2) is 67.4 Å². The fourth-order valence-electron chi connectivity index (χ4n) is 4.31. The summed E-state index contributed by atoms with van der Waals surface area (Å²) in [6.07, 6.45) is 6.91. The van der Waals surface area contributed by atoms with Crippen molar-refractivity contribution in [1.82, 2.24) is 15.1 Å². The fraction of sp³-hybridized carbons (Fsp3) is 0.438. The average molecular weight is 629 g/mol. The number of halogens is 2. The van der Waals surface area contributed by atoms with E-state index in [0.29, 0.717) is 22.4 Å². The Morgan fingerprint density at radius 1 is 1.18 bits per heavy atom. The lowest BCUT2D eigenvalue weighted by atomic mass is 9.87. The smallest absolute Gasteiger partial charge is 0.209 e. The second-order valence-electron chi connectivity index (χ2n) is 10.7. The van der Waals surface area contributed by atoms with Crippen molar-refractivity contribution in [2.24, 2.45) is 21.6 Å². The lowest BCUT2D eigenvalue weighted by Gasteiger charge is -2.24. The van der Waals surface area contributed by atoms with Crippen LogP contribution in [-0.4, -0.2) is 67.5 Å². The summed E-state index contributed by atoms with van der Waals surface area (Å²) in [4.78, 5) is 22.2. The van der Waals surface area contributed by atoms with Crippen molar-refractivity contribution in [3.63, 3.8) is 0 Å². The molecule has 240 valence electrons. The topological polar surface area (TPSA) is 115 Å². The molecule has 0 radical (unpaired) electrons. The van der Waals surface area contributed by atoms with E-state index in [4.69, 9.17) is 10.7 Å². The van der Waals surface area contributed by atoms with Crippen molar-refractivity contribution in [3.8, 4) is 0 Å². The van der Waals surface area contributed by atoms with Crippen molar-refractivity contribution < 1.29 is 13.6 Å². The number of aromatic nitrogens is 2. The molecular formula is C32H46F2N8OS. The van der Waals surface area contributed by atoms with E-state index in [-0.39, 0.29) is 11.6 Å². The van der Waals surface area contributed by atoms with E-state index in [0.717, 1.165) is 59.4 Å². The first-order chi connectivity index (χ1) is 20.8. The summed E-state index contributed by atoms with van der Waals surface area (Å²) in [5.41, 5.74) is 11.7. The van der Waals surface area contributed by atoms with Gasteiger partial charge in [-0.25, -0.2) is 13.8 Å². The summed E-state index contributed by atoms with van der Waals surface area (Å²) in [5.74, 6) is 0.497. The average Bonchev–Trinajstić information content (AvgIpc) is 3.75. The maximum absolute atomic E-state index is 15.0. The van der Waals surface area contributed by atoms with Gasteiger partial charge in [0, 0.05) is 67.9 Å². The zero-order valence-electron chi connectivity index (χ0n) is 27.5. The quantitative estimate of drug-likeness (QED) is 0.0842. The van der Waals surface area contributed by atoms with E-state index < -0.39 is 11.6 Å². The standard InChI is InChI=1S/C29H39F2N7S.C3H7NO/c1-9-16(2)26(22(15-32)18(4)33-6)27(20-10-11-20)29(35-25-12-17(3)36-37-25)34-19(5)38(7)28-23(30)13-21(39-8)14-24(28)31;1-4(2)3-5/h12-15,20H,9-11,32H2,1-8H3,(H2,35,36,37);3H,1-2H3/b22-15+,26-16+,29-27+,33-18?,34-19+;. The molecule has 1 aromatic carbocycles. The Hall–Kier alpha value is -3.93. The molecule has 0 spiro atoms. The number of nitrogens with zero attached hydrogens (tertiary/aromatic N) is 5. The van der Waals surface area contributed by atoms with Gasteiger partial charge in [-0.15, -0.1) is 11.8 Å². The largest absolute Gasteiger partial charge is 0.404 e. The number of thioether (sulfide) groups is 1. The predicted molar refractivity (Wildman–Crippen MR) is 180 cm³/mol. The number of rotatable bonds is 11. The summed E-state index contributed by atoms with van der Waals surface area (Å²) >= 11 is 1.28. The molecule has 0 atom stereocenters. The number of aromatic amines is 1. The van der Waals surface area contributed by atoms with Gasteiger partial charge in [0.15, 0.2) is 17.5 Å². The molecule has 1 saturated carbocycles. The van der Waals surface area contributed by atoms with E-state index >= 15 is 8.78 Å². The Bertz CT molecular complexity index is 1450. The zero-order valence-corrected chi connectivity index (χ0v) is 28.3. The molecule has 1 aliphatic carbocycles. The Morgan fingerprint density at radius 3 is 2.18 bits per heavy atom. The normalized spacial score (nSPS) is 15.1. The fourth-order valence-corrected chi connectivity index (χ4v) is 4.76. The number of nitrogens with two attached hydrogens (primary N) is 1. The molecule has 4 N–H and O–H groups in total. The Labute approximate surface area is 264 Å². The molecular weight excluding hydrogens is 582 g/mol. The first-order valence-corrected chi connectivity index (χ1v) is 15.6. The van der Waals surface area contributed by atoms with Crippen LogP contribution in [0.3, 0.4) is 0 Å². The van der Waals surface area contributed by atoms with Crippen LogP contribution in [0.5, 0.6) is 0 Å². The van der Waals surface area contributed by atoms with Crippen LogP contribution in [0.1, 0.15) is 52.7 Å². The number of aryl methyl sites for hydroxylation is 1. The number of H-pyrrole nitrogens is 1. The van der Waals surface area contributed by atoms with E-state index in [1.54, 1.807) is 47.6 Å². The molecule has 0 aliphatic heterocycles. The van der Waals surface area contributed by atoms with Gasteiger partial charge in [0.05, 0.1) is 0 Å². The number of amides is 1. The van der Waals surface area contributed by atoms with Gasteiger partial charge in [-0.05, 0) is 76.8 Å². The molecule has 0 unspecified atom stereocenters. The molecule has 12 heteroatoms. The van der Waals surface area contributed by atoms with E-state index in [1.807, 2.05) is 19.9 Å². The van der Waals surface area contributed by atoms with Crippen LogP contribution in [0, 0.1) is 24.5 Å². The highest BCUT2D eigenvalue weighted by molar-refractivity contribution is 7.98. The Morgan fingerprint density at radius 2 is 1.77 bits per heavy atom. The molecule has 1 fully saturated rings. The van der Waals surface area contributed by atoms with Crippen LogP contribution in [0.25, 0.3) is 0 Å². The minimum absolute atomic E-state index is 0.158. The first-order valence-electron chi connectivity index (χ1n) is 14.4. The summed E-state index contributed by atoms with van der Waals surface area (Å²) < 4.78 is 30.0. The van der Waals surface area contributed by atoms with E-state index in [9.17, 15) is 4.79 Å². The number of aliphatic imine (C=N–C) groups is 2. The second-order valence-corrected chi connectivity index (χ2v) is 11.6. The first kappa shape index (κ1) is 36.3. The molecule has 44 heavy (non-hydrogen) atoms. The van der Waals surface area contributed by atoms with Crippen molar-refractivity contribution in [1.29, 1.82) is 0 Å². The van der Waals surface area contributed by atoms with Gasteiger partial charge in [0.1, 0.15) is 17.3 Å². The van der Waals surface area contributed by atoms with Crippen LogP contribution in [0.2, 0.25) is 0 Å². The highest BCUT2D eigenvalue weighted by Gasteiger charge is 2.34. The van der Waals surface area contributed by atoms with E-state index in [2.05, 4.69) is 34.4 Å². The molecule has 0 bridgehead atoms. The molecule has 1 amide bonds. The molecule has 1 aliphatic rings. The molecule has 9 nitrogen and oxygen atoms in total. The number of benzene rings is 1. The highest BCUT2D eigenvalue weighted by atomic mass is 32.2. The lowest BCUT2D eigenvalue weighted by Crippen LogP contribution is -2.26. The van der Waals surface area contributed by atoms with Crippen molar-refractivity contribution in [2.75, 3.05) is 44.7 Å². The van der Waals surface area contributed by atoms with Crippen molar-refractivity contribution in [3.05, 3.63) is 69.8 Å². The number of anilines is 2. The minimum Gasteiger partial charge on any atom is -0.404 e. The van der Waals surface area contributed by atoms with Gasteiger partial charge in [-0.2, -0.15) is 5.10 Å². The number of nitrogens with one attached hydrogen (secondary N) is 2. The summed E-state index contributed by atoms with van der Waals surface area (Å²) in [5, 5.41) is 10.7. The third-order valence-electron chi connectivity index (χ3n) is 7.11. The Balaban J connectivity index is 0.00000125. The highest BCUT2D eigenvalue weighted by Crippen LogP contribution is 2.45. The number of hydrogen-bond donors (Lipinski definition) is 3. The van der Waals surface area contributed by atoms with Gasteiger partial charge >= 0.3 is 0 Å². The monoisotopic (exact) mass is 628 g/mol. The van der Waals surface area contributed by atoms with Gasteiger partial charge in [-0.1, -0.05) is 12.5 Å². The number of carbonyl (C=O) groups is 1. The SMILES string of the molecule is CC/C(C)=C(C(=C\N)\C(C)=NC)/C(=C(\N=C(/C)N(C)c1c(F)cc(SC)cc1F)Nc1cc(C)[nH]n1)C1CC1.CN(C)C=O. The van der Waals surface area contributed by atoms with Crippen LogP contribution in [0.4, 0.5) is 20.3 Å². The van der Waals surface area contributed by atoms with Crippen molar-refractivity contribution >= 4 is 41.2 Å². The second kappa shape index (κ2) is 16.8. The van der Waals surface area contributed by atoms with Gasteiger partial charge in [-0.3, -0.25) is 14.9 Å². The maximum atomic E-state index is 15.0. The third-order valence-corrected chi connectivity index (χ3v) is 7.82. The number of allylic oxidation sites excluding steroid dienone is 4. The van der Waals surface area contributed by atoms with Crippen molar-refractivity contribution in [2.45, 2.75) is 58.8 Å². The van der Waals surface area contributed by atoms with Crippen LogP contribution < -0.4 is 16.0 Å². The maximum Gasteiger partial charge on any atom is 0.209 e. The molecule has 2 aromatic rings. The molecule has 1 aromatic heterocycles. The zero-order chi connectivity index (χ0) is 33.1. The van der Waals surface area contributed by atoms with Crippen LogP contribution >= 0.6 is 11.8 Å². The molecule has 1 heterocycles. The van der Waals surface area contributed by atoms with Crippen LogP contribution in [-0.2, 0) is 4.79 Å². The van der Waals surface area contributed by atoms with Gasteiger partial charge in [0.25, 0.3) is 0 Å². The van der Waals surface area contributed by atoms with Gasteiger partial charge < -0.3 is 20.9 Å². The summed E-state index contributed by atoms with van der Waals surface area (Å²) in [6.45, 7) is 9.77. The Kier molecular flexibility index (Phi) is 13.8. The van der Waals surface area contributed by atoms with E-state index in [1.165, 1.54) is 33.7 Å². The summed E-state index contributed by atoms with van der Waals surface area (Å²) in [7, 11) is 6.73. The lowest BCUT2D eigenvalue weighted by molar-refractivity contribution is -0.115. The van der Waals surface area contributed by atoms with Gasteiger partial charge in [0.2, 0.25) is 6.41 Å². The third kappa shape index (κ3) is 9.54. The number of carbonyl (C=O) groups excluding carboxylic acids is 1. The molecule has 3 rings (SSSR count). The minimum atomic E-state index is -0.647. The predicted octanol–water partition coefficient (Wildman–Crippen LogP) is 6.67. The summed E-state index contributed by atoms with van der Waals surface area (Å²) in [6, 6.07) is 4.55. The number of hydrogen-bond acceptors (Lipinski definition) is 7. The molecule has 0 saturated heterocycles.